The minimum Gasteiger partial charge on any atom is -0.365 e. The third kappa shape index (κ3) is 3.41. The van der Waals surface area contributed by atoms with E-state index >= 15 is 0 Å². The standard InChI is InChI=1S/C15H18N2OS/c1-10(2)8-11-4-6-12(7-5-11)14(18)13-9-19-15(16-3)17-13/h4-7,9-10H,8H2,1-3H3,(H,16,17). The number of nitrogens with one attached hydrogen (secondary N) is 1. The minimum absolute atomic E-state index is 0.0196. The number of benzene rings is 1. The van der Waals surface area contributed by atoms with Crippen LogP contribution in [0.25, 0.3) is 0 Å². The number of thiazole rings is 1. The molecule has 1 heterocycles. The number of anilines is 1. The fourth-order valence-corrected chi connectivity index (χ4v) is 2.56. The molecule has 0 aliphatic carbocycles. The molecule has 0 radical (unpaired) electrons. The predicted molar refractivity (Wildman–Crippen MR) is 80.1 cm³/mol. The average Bonchev–Trinajstić information content (AvgIpc) is 2.87. The summed E-state index contributed by atoms with van der Waals surface area (Å²) >= 11 is 1.44. The second-order valence-electron chi connectivity index (χ2n) is 4.91. The third-order valence-corrected chi connectivity index (χ3v) is 3.67. The van der Waals surface area contributed by atoms with Gasteiger partial charge in [-0.15, -0.1) is 11.3 Å². The van der Waals surface area contributed by atoms with Crippen LogP contribution < -0.4 is 5.32 Å². The van der Waals surface area contributed by atoms with Crippen LogP contribution in [0.3, 0.4) is 0 Å². The van der Waals surface area contributed by atoms with Gasteiger partial charge < -0.3 is 5.32 Å². The van der Waals surface area contributed by atoms with Gasteiger partial charge in [-0.1, -0.05) is 38.1 Å². The van der Waals surface area contributed by atoms with Crippen molar-refractivity contribution in [2.24, 2.45) is 5.92 Å². The van der Waals surface area contributed by atoms with Crippen LogP contribution in [0.2, 0.25) is 0 Å². The summed E-state index contributed by atoms with van der Waals surface area (Å²) < 4.78 is 0. The molecule has 1 aromatic heterocycles. The molecule has 0 spiro atoms. The van der Waals surface area contributed by atoms with Crippen molar-refractivity contribution in [3.05, 3.63) is 46.5 Å². The van der Waals surface area contributed by atoms with E-state index in [0.29, 0.717) is 17.2 Å². The van der Waals surface area contributed by atoms with Gasteiger partial charge in [0.25, 0.3) is 0 Å². The molecule has 2 aromatic rings. The highest BCUT2D eigenvalue weighted by molar-refractivity contribution is 7.13. The first-order valence-electron chi connectivity index (χ1n) is 6.37. The Bertz CT molecular complexity index is 558. The van der Waals surface area contributed by atoms with Gasteiger partial charge >= 0.3 is 0 Å². The summed E-state index contributed by atoms with van der Waals surface area (Å²) in [6, 6.07) is 7.83. The smallest absolute Gasteiger partial charge is 0.212 e. The maximum Gasteiger partial charge on any atom is 0.212 e. The number of hydrogen-bond acceptors (Lipinski definition) is 4. The largest absolute Gasteiger partial charge is 0.365 e. The summed E-state index contributed by atoms with van der Waals surface area (Å²) in [6.07, 6.45) is 1.04. The first-order valence-corrected chi connectivity index (χ1v) is 7.25. The second kappa shape index (κ2) is 5.97. The molecule has 100 valence electrons. The van der Waals surface area contributed by atoms with E-state index < -0.39 is 0 Å². The Morgan fingerprint density at radius 1 is 1.32 bits per heavy atom. The zero-order valence-electron chi connectivity index (χ0n) is 11.4. The third-order valence-electron chi connectivity index (χ3n) is 2.81. The topological polar surface area (TPSA) is 42.0 Å². The average molecular weight is 274 g/mol. The van der Waals surface area contributed by atoms with Crippen LogP contribution in [-0.2, 0) is 6.42 Å². The molecule has 19 heavy (non-hydrogen) atoms. The monoisotopic (exact) mass is 274 g/mol. The summed E-state index contributed by atoms with van der Waals surface area (Å²) in [4.78, 5) is 16.5. The molecular weight excluding hydrogens is 256 g/mol. The number of nitrogens with zero attached hydrogens (tertiary/aromatic N) is 1. The van der Waals surface area contributed by atoms with E-state index in [9.17, 15) is 4.79 Å². The lowest BCUT2D eigenvalue weighted by Gasteiger charge is -2.05. The minimum atomic E-state index is -0.0196. The lowest BCUT2D eigenvalue weighted by molar-refractivity contribution is 0.103. The highest BCUT2D eigenvalue weighted by Crippen LogP contribution is 2.18. The summed E-state index contributed by atoms with van der Waals surface area (Å²) in [5, 5.41) is 5.49. The van der Waals surface area contributed by atoms with Gasteiger partial charge in [0.05, 0.1) is 0 Å². The molecule has 0 aliphatic heterocycles. The highest BCUT2D eigenvalue weighted by Gasteiger charge is 2.12. The van der Waals surface area contributed by atoms with Crippen molar-refractivity contribution in [1.29, 1.82) is 0 Å². The number of rotatable bonds is 5. The van der Waals surface area contributed by atoms with Crippen LogP contribution in [0, 0.1) is 5.92 Å². The molecule has 0 saturated heterocycles. The summed E-state index contributed by atoms with van der Waals surface area (Å²) in [6.45, 7) is 4.38. The normalized spacial score (nSPS) is 10.7. The molecule has 2 rings (SSSR count). The Balaban J connectivity index is 2.15. The van der Waals surface area contributed by atoms with Gasteiger partial charge in [0.2, 0.25) is 5.78 Å². The van der Waals surface area contributed by atoms with E-state index in [1.807, 2.05) is 24.3 Å². The molecule has 0 aliphatic rings. The quantitative estimate of drug-likeness (QED) is 0.847. The van der Waals surface area contributed by atoms with Crippen LogP contribution in [0.1, 0.15) is 35.5 Å². The zero-order chi connectivity index (χ0) is 13.8. The molecule has 1 aromatic carbocycles. The van der Waals surface area contributed by atoms with E-state index in [2.05, 4.69) is 24.1 Å². The van der Waals surface area contributed by atoms with Crippen molar-refractivity contribution in [1.82, 2.24) is 4.98 Å². The fourth-order valence-electron chi connectivity index (χ4n) is 1.90. The van der Waals surface area contributed by atoms with E-state index in [-0.39, 0.29) is 5.78 Å². The van der Waals surface area contributed by atoms with Gasteiger partial charge in [0.1, 0.15) is 5.69 Å². The van der Waals surface area contributed by atoms with E-state index in [1.54, 1.807) is 12.4 Å². The first-order chi connectivity index (χ1) is 9.10. The molecule has 0 bridgehead atoms. The van der Waals surface area contributed by atoms with Gasteiger partial charge in [-0.25, -0.2) is 4.98 Å². The number of carbonyl (C=O) groups is 1. The predicted octanol–water partition coefficient (Wildman–Crippen LogP) is 3.61. The SMILES string of the molecule is CNc1nc(C(=O)c2ccc(CC(C)C)cc2)cs1. The van der Waals surface area contributed by atoms with Gasteiger partial charge in [0, 0.05) is 18.0 Å². The maximum atomic E-state index is 12.2. The van der Waals surface area contributed by atoms with Crippen LogP contribution >= 0.6 is 11.3 Å². The first kappa shape index (κ1) is 13.7. The number of carbonyl (C=O) groups excluding carboxylic acids is 1. The van der Waals surface area contributed by atoms with Crippen LogP contribution in [-0.4, -0.2) is 17.8 Å². The van der Waals surface area contributed by atoms with E-state index in [4.69, 9.17) is 0 Å². The number of hydrogen-bond donors (Lipinski definition) is 1. The van der Waals surface area contributed by atoms with Crippen molar-refractivity contribution < 1.29 is 4.79 Å². The second-order valence-corrected chi connectivity index (χ2v) is 5.77. The van der Waals surface area contributed by atoms with Crippen molar-refractivity contribution >= 4 is 22.3 Å². The number of ketones is 1. The molecule has 4 heteroatoms. The molecule has 0 atom stereocenters. The highest BCUT2D eigenvalue weighted by atomic mass is 32.1. The van der Waals surface area contributed by atoms with Crippen LogP contribution in [0.4, 0.5) is 5.13 Å². The molecule has 3 nitrogen and oxygen atoms in total. The maximum absolute atomic E-state index is 12.2. The Kier molecular flexibility index (Phi) is 4.32. The van der Waals surface area contributed by atoms with E-state index in [0.717, 1.165) is 11.6 Å². The Morgan fingerprint density at radius 2 is 2.00 bits per heavy atom. The fraction of sp³-hybridized carbons (Fsp3) is 0.333. The summed E-state index contributed by atoms with van der Waals surface area (Å²) in [7, 11) is 1.80. The van der Waals surface area contributed by atoms with Crippen LogP contribution in [0.5, 0.6) is 0 Å². The van der Waals surface area contributed by atoms with Crippen molar-refractivity contribution in [2.75, 3.05) is 12.4 Å². The molecule has 0 saturated carbocycles. The Labute approximate surface area is 117 Å². The van der Waals surface area contributed by atoms with Crippen LogP contribution in [0.15, 0.2) is 29.6 Å². The van der Waals surface area contributed by atoms with Gasteiger partial charge in [-0.2, -0.15) is 0 Å². The lowest BCUT2D eigenvalue weighted by atomic mass is 10.0. The van der Waals surface area contributed by atoms with Crippen molar-refractivity contribution in [2.45, 2.75) is 20.3 Å². The molecule has 0 fully saturated rings. The number of aromatic nitrogens is 1. The Morgan fingerprint density at radius 3 is 2.53 bits per heavy atom. The zero-order valence-corrected chi connectivity index (χ0v) is 12.3. The molecule has 0 unspecified atom stereocenters. The van der Waals surface area contributed by atoms with Gasteiger partial charge in [-0.05, 0) is 17.9 Å². The molecule has 0 amide bonds. The van der Waals surface area contributed by atoms with Gasteiger partial charge in [-0.3, -0.25) is 4.79 Å². The van der Waals surface area contributed by atoms with Crippen molar-refractivity contribution in [3.63, 3.8) is 0 Å². The lowest BCUT2D eigenvalue weighted by Crippen LogP contribution is -2.03. The summed E-state index contributed by atoms with van der Waals surface area (Å²) in [5.74, 6) is 0.604. The molecule has 1 N–H and O–H groups in total. The van der Waals surface area contributed by atoms with Crippen molar-refractivity contribution in [3.8, 4) is 0 Å². The van der Waals surface area contributed by atoms with E-state index in [1.165, 1.54) is 16.9 Å². The molecular formula is C15H18N2OS. The summed E-state index contributed by atoms with van der Waals surface area (Å²) in [5.41, 5.74) is 2.46. The Hall–Kier alpha value is -1.68. The van der Waals surface area contributed by atoms with Gasteiger partial charge in [0.15, 0.2) is 5.13 Å².